The summed E-state index contributed by atoms with van der Waals surface area (Å²) in [6.07, 6.45) is 4.32. The van der Waals surface area contributed by atoms with Crippen molar-refractivity contribution in [2.45, 2.75) is 6.42 Å². The topological polar surface area (TPSA) is 17.1 Å². The second kappa shape index (κ2) is 3.79. The molecule has 3 aromatic rings. The van der Waals surface area contributed by atoms with Crippen molar-refractivity contribution in [3.05, 3.63) is 59.0 Å². The van der Waals surface area contributed by atoms with Gasteiger partial charge in [-0.25, -0.2) is 0 Å². The fourth-order valence-electron chi connectivity index (χ4n) is 2.90. The molecule has 0 fully saturated rings. The minimum atomic E-state index is 0.188. The highest BCUT2D eigenvalue weighted by molar-refractivity contribution is 6.13. The lowest BCUT2D eigenvalue weighted by Crippen LogP contribution is -2.29. The summed E-state index contributed by atoms with van der Waals surface area (Å²) in [5, 5.41) is 7.11. The van der Waals surface area contributed by atoms with Crippen molar-refractivity contribution in [1.82, 2.24) is 0 Å². The molecule has 4 rings (SSSR count). The number of rotatable bonds is 0. The van der Waals surface area contributed by atoms with Crippen LogP contribution >= 0.6 is 0 Å². The van der Waals surface area contributed by atoms with Crippen LogP contribution in [0.5, 0.6) is 0 Å². The second-order valence-electron chi connectivity index (χ2n) is 4.97. The number of benzene rings is 3. The average Bonchev–Trinajstić information content (AvgIpc) is 2.46. The van der Waals surface area contributed by atoms with Crippen LogP contribution in [0, 0.1) is 0 Å². The van der Waals surface area contributed by atoms with E-state index in [9.17, 15) is 4.79 Å². The molecule has 1 nitrogen and oxygen atoms in total. The lowest BCUT2D eigenvalue weighted by Gasteiger charge is -2.07. The Hall–Kier alpha value is -2.41. The molecule has 19 heavy (non-hydrogen) atoms. The largest absolute Gasteiger partial charge is 0.294 e. The predicted octanol–water partition coefficient (Wildman–Crippen LogP) is 2.53. The van der Waals surface area contributed by atoms with E-state index in [1.807, 2.05) is 6.08 Å². The van der Waals surface area contributed by atoms with Crippen molar-refractivity contribution in [1.29, 1.82) is 0 Å². The van der Waals surface area contributed by atoms with Gasteiger partial charge in [-0.15, -0.1) is 0 Å². The van der Waals surface area contributed by atoms with Gasteiger partial charge < -0.3 is 0 Å². The zero-order valence-corrected chi connectivity index (χ0v) is 10.4. The van der Waals surface area contributed by atoms with Crippen LogP contribution in [0.3, 0.4) is 0 Å². The molecule has 0 unspecified atom stereocenters. The fraction of sp³-hybridized carbons (Fsp3) is 0.0556. The number of carbonyl (C=O) groups excluding carboxylic acids is 1. The zero-order chi connectivity index (χ0) is 12.8. The Morgan fingerprint density at radius 1 is 0.789 bits per heavy atom. The number of fused-ring (bicyclic) bond motifs is 5. The van der Waals surface area contributed by atoms with Crippen LogP contribution < -0.4 is 10.4 Å². The first-order chi connectivity index (χ1) is 9.33. The van der Waals surface area contributed by atoms with E-state index in [-0.39, 0.29) is 5.78 Å². The summed E-state index contributed by atoms with van der Waals surface area (Å²) in [5.41, 5.74) is 0. The molecule has 1 aliphatic rings. The quantitative estimate of drug-likeness (QED) is 0.555. The van der Waals surface area contributed by atoms with Gasteiger partial charge >= 0.3 is 0 Å². The molecule has 0 aromatic heterocycles. The van der Waals surface area contributed by atoms with Crippen molar-refractivity contribution < 1.29 is 4.79 Å². The molecular formula is C18H12O. The molecule has 0 saturated heterocycles. The Morgan fingerprint density at radius 3 is 2.58 bits per heavy atom. The molecule has 0 amide bonds. The summed E-state index contributed by atoms with van der Waals surface area (Å²) in [7, 11) is 0. The second-order valence-corrected chi connectivity index (χ2v) is 4.97. The van der Waals surface area contributed by atoms with E-state index >= 15 is 0 Å². The maximum atomic E-state index is 11.6. The van der Waals surface area contributed by atoms with Gasteiger partial charge in [0, 0.05) is 6.42 Å². The summed E-state index contributed by atoms with van der Waals surface area (Å²) >= 11 is 0. The van der Waals surface area contributed by atoms with E-state index in [0.29, 0.717) is 6.42 Å². The van der Waals surface area contributed by atoms with Crippen LogP contribution in [0.15, 0.2) is 48.5 Å². The van der Waals surface area contributed by atoms with Crippen LogP contribution in [0.1, 0.15) is 6.42 Å². The van der Waals surface area contributed by atoms with Crippen LogP contribution in [0.25, 0.3) is 33.7 Å². The minimum Gasteiger partial charge on any atom is -0.294 e. The van der Waals surface area contributed by atoms with Crippen molar-refractivity contribution in [2.75, 3.05) is 0 Å². The van der Waals surface area contributed by atoms with Crippen LogP contribution in [-0.2, 0) is 4.79 Å². The molecule has 0 N–H and O–H groups in total. The van der Waals surface area contributed by atoms with Gasteiger partial charge in [0.05, 0.1) is 0 Å². The molecule has 3 aromatic carbocycles. The van der Waals surface area contributed by atoms with Crippen LogP contribution in [0.4, 0.5) is 0 Å². The first kappa shape index (κ1) is 10.5. The molecule has 0 saturated carbocycles. The summed E-state index contributed by atoms with van der Waals surface area (Å²) in [4.78, 5) is 11.6. The molecule has 1 heteroatoms. The Labute approximate surface area is 110 Å². The van der Waals surface area contributed by atoms with Gasteiger partial charge in [-0.2, -0.15) is 0 Å². The van der Waals surface area contributed by atoms with Gasteiger partial charge in [-0.3, -0.25) is 4.79 Å². The standard InChI is InChI=1S/C18H12O/c19-14-8-5-13-7-9-16-15-4-2-1-3-12(15)6-10-17(16)18(13)11-14/h1-7,9-11H,8H2. The van der Waals surface area contributed by atoms with Gasteiger partial charge in [0.25, 0.3) is 0 Å². The smallest absolute Gasteiger partial charge is 0.160 e. The Bertz CT molecular complexity index is 948. The van der Waals surface area contributed by atoms with Gasteiger partial charge in [0.15, 0.2) is 5.78 Å². The highest BCUT2D eigenvalue weighted by Gasteiger charge is 2.06. The summed E-state index contributed by atoms with van der Waals surface area (Å²) < 4.78 is 0. The molecule has 0 heterocycles. The number of ketones is 1. The normalized spacial score (nSPS) is 14.0. The van der Waals surface area contributed by atoms with Gasteiger partial charge in [-0.1, -0.05) is 54.6 Å². The molecular weight excluding hydrogens is 232 g/mol. The maximum Gasteiger partial charge on any atom is 0.160 e. The van der Waals surface area contributed by atoms with Crippen molar-refractivity contribution in [3.8, 4) is 0 Å². The Kier molecular flexibility index (Phi) is 2.10. The SMILES string of the molecule is O=C1C=c2c(ccc3c2ccc2ccccc23)=CC1. The molecule has 0 atom stereocenters. The third-order valence-corrected chi connectivity index (χ3v) is 3.83. The fourth-order valence-corrected chi connectivity index (χ4v) is 2.90. The van der Waals surface area contributed by atoms with Gasteiger partial charge in [0.2, 0.25) is 0 Å². The highest BCUT2D eigenvalue weighted by Crippen LogP contribution is 2.22. The number of carbonyl (C=O) groups is 1. The molecule has 0 spiro atoms. The first-order valence-corrected chi connectivity index (χ1v) is 6.48. The van der Waals surface area contributed by atoms with Crippen molar-refractivity contribution in [2.24, 2.45) is 0 Å². The number of Topliss-reactive ketones (excluding diaryl/α,β-unsaturated/α-hetero) is 1. The lowest BCUT2D eigenvalue weighted by molar-refractivity contribution is -0.112. The van der Waals surface area contributed by atoms with Crippen LogP contribution in [0.2, 0.25) is 0 Å². The maximum absolute atomic E-state index is 11.6. The molecule has 0 bridgehead atoms. The predicted molar refractivity (Wildman–Crippen MR) is 79.3 cm³/mol. The van der Waals surface area contributed by atoms with Crippen molar-refractivity contribution in [3.63, 3.8) is 0 Å². The Balaban J connectivity index is 2.29. The molecule has 90 valence electrons. The highest BCUT2D eigenvalue weighted by atomic mass is 16.1. The van der Waals surface area contributed by atoms with Crippen molar-refractivity contribution >= 4 is 39.5 Å². The monoisotopic (exact) mass is 244 g/mol. The third-order valence-electron chi connectivity index (χ3n) is 3.83. The third kappa shape index (κ3) is 1.52. The number of hydrogen-bond acceptors (Lipinski definition) is 1. The van der Waals surface area contributed by atoms with E-state index in [1.165, 1.54) is 26.8 Å². The van der Waals surface area contributed by atoms with E-state index in [0.717, 1.165) is 5.22 Å². The summed E-state index contributed by atoms with van der Waals surface area (Å²) in [6.45, 7) is 0. The van der Waals surface area contributed by atoms with E-state index in [4.69, 9.17) is 0 Å². The van der Waals surface area contributed by atoms with Crippen LogP contribution in [-0.4, -0.2) is 5.78 Å². The summed E-state index contributed by atoms with van der Waals surface area (Å²) in [6, 6.07) is 16.9. The number of hydrogen-bond donors (Lipinski definition) is 0. The summed E-state index contributed by atoms with van der Waals surface area (Å²) in [5.74, 6) is 0.188. The lowest BCUT2D eigenvalue weighted by atomic mass is 9.97. The first-order valence-electron chi connectivity index (χ1n) is 6.48. The van der Waals surface area contributed by atoms with Gasteiger partial charge in [-0.05, 0) is 38.1 Å². The molecule has 1 aliphatic carbocycles. The van der Waals surface area contributed by atoms with E-state index < -0.39 is 0 Å². The molecule has 0 aliphatic heterocycles. The van der Waals surface area contributed by atoms with Gasteiger partial charge in [0.1, 0.15) is 0 Å². The minimum absolute atomic E-state index is 0.188. The average molecular weight is 244 g/mol. The molecule has 0 radical (unpaired) electrons. The Morgan fingerprint density at radius 2 is 1.63 bits per heavy atom. The van der Waals surface area contributed by atoms with E-state index in [2.05, 4.69) is 48.5 Å². The van der Waals surface area contributed by atoms with E-state index in [1.54, 1.807) is 6.08 Å². The zero-order valence-electron chi connectivity index (χ0n) is 10.4.